The Morgan fingerprint density at radius 1 is 1.00 bits per heavy atom. The van der Waals surface area contributed by atoms with Crippen LogP contribution < -0.4 is 0 Å². The van der Waals surface area contributed by atoms with Gasteiger partial charge in [0, 0.05) is 12.1 Å². The first-order chi connectivity index (χ1) is 8.77. The summed E-state index contributed by atoms with van der Waals surface area (Å²) >= 11 is 0. The molecule has 98 valence electrons. The topological polar surface area (TPSA) is 23.5 Å². The molecule has 0 aromatic heterocycles. The average molecular weight is 245 g/mol. The lowest BCUT2D eigenvalue weighted by atomic mass is 9.77. The summed E-state index contributed by atoms with van der Waals surface area (Å²) < 4.78 is 0. The van der Waals surface area contributed by atoms with Crippen LogP contribution in [0.3, 0.4) is 0 Å². The van der Waals surface area contributed by atoms with Crippen LogP contribution in [0.25, 0.3) is 0 Å². The van der Waals surface area contributed by atoms with Crippen molar-refractivity contribution in [2.45, 2.75) is 45.1 Å². The second kappa shape index (κ2) is 4.93. The van der Waals surface area contributed by atoms with Gasteiger partial charge in [-0.1, -0.05) is 31.0 Å². The lowest BCUT2D eigenvalue weighted by Gasteiger charge is -2.39. The minimum Gasteiger partial charge on any atom is -0.508 e. The third-order valence-corrected chi connectivity index (χ3v) is 4.97. The Balaban J connectivity index is 1.59. The molecule has 1 aliphatic heterocycles. The monoisotopic (exact) mass is 245 g/mol. The Bertz CT molecular complexity index is 399. The van der Waals surface area contributed by atoms with E-state index < -0.39 is 0 Å². The molecule has 1 aromatic rings. The summed E-state index contributed by atoms with van der Waals surface area (Å²) in [6.07, 6.45) is 8.52. The van der Waals surface area contributed by atoms with Crippen LogP contribution in [0.1, 0.15) is 44.1 Å². The van der Waals surface area contributed by atoms with Crippen LogP contribution in [0.4, 0.5) is 0 Å². The Morgan fingerprint density at radius 3 is 2.33 bits per heavy atom. The van der Waals surface area contributed by atoms with Gasteiger partial charge in [0.2, 0.25) is 0 Å². The lowest BCUT2D eigenvalue weighted by Crippen LogP contribution is -2.38. The van der Waals surface area contributed by atoms with Crippen molar-refractivity contribution in [2.24, 2.45) is 5.41 Å². The third-order valence-electron chi connectivity index (χ3n) is 4.97. The number of hydrogen-bond donors (Lipinski definition) is 1. The van der Waals surface area contributed by atoms with Gasteiger partial charge in [0.15, 0.2) is 0 Å². The van der Waals surface area contributed by atoms with Crippen molar-refractivity contribution in [1.29, 1.82) is 0 Å². The first kappa shape index (κ1) is 12.0. The minimum absolute atomic E-state index is 0.443. The van der Waals surface area contributed by atoms with E-state index in [1.165, 1.54) is 51.6 Å². The zero-order chi connectivity index (χ0) is 12.4. The number of phenols is 1. The first-order valence-electron chi connectivity index (χ1n) is 7.27. The van der Waals surface area contributed by atoms with Gasteiger partial charge in [-0.15, -0.1) is 0 Å². The molecule has 0 unspecified atom stereocenters. The van der Waals surface area contributed by atoms with Crippen molar-refractivity contribution in [3.63, 3.8) is 0 Å². The summed E-state index contributed by atoms with van der Waals surface area (Å²) in [5, 5.41) is 9.82. The largest absolute Gasteiger partial charge is 0.508 e. The molecule has 1 N–H and O–H groups in total. The molecule has 0 amide bonds. The quantitative estimate of drug-likeness (QED) is 0.861. The number of phenolic OH excluding ortho intramolecular Hbond substituents is 1. The highest BCUT2D eigenvalue weighted by atomic mass is 16.3. The molecular weight excluding hydrogens is 222 g/mol. The average Bonchev–Trinajstić information content (AvgIpc) is 2.84. The van der Waals surface area contributed by atoms with Gasteiger partial charge in [-0.25, -0.2) is 0 Å². The molecule has 1 aliphatic carbocycles. The van der Waals surface area contributed by atoms with Gasteiger partial charge in [0.05, 0.1) is 0 Å². The SMILES string of the molecule is Oc1ccccc1CN1CCC2(CCCC2)CC1. The van der Waals surface area contributed by atoms with Crippen LogP contribution in [0.2, 0.25) is 0 Å². The maximum Gasteiger partial charge on any atom is 0.120 e. The number of piperidine rings is 1. The molecule has 0 bridgehead atoms. The van der Waals surface area contributed by atoms with E-state index in [2.05, 4.69) is 4.90 Å². The molecular formula is C16H23NO. The maximum atomic E-state index is 9.82. The van der Waals surface area contributed by atoms with Gasteiger partial charge in [-0.05, 0) is 50.3 Å². The standard InChI is InChI=1S/C16H23NO/c18-15-6-2-1-5-14(15)13-17-11-9-16(10-12-17)7-3-4-8-16/h1-2,5-6,18H,3-4,7-13H2. The number of para-hydroxylation sites is 1. The van der Waals surface area contributed by atoms with Crippen LogP contribution in [-0.4, -0.2) is 23.1 Å². The van der Waals surface area contributed by atoms with Crippen LogP contribution in [0.15, 0.2) is 24.3 Å². The minimum atomic E-state index is 0.443. The Morgan fingerprint density at radius 2 is 1.67 bits per heavy atom. The highest BCUT2D eigenvalue weighted by Gasteiger charge is 2.36. The summed E-state index contributed by atoms with van der Waals surface area (Å²) in [5.74, 6) is 0.443. The third kappa shape index (κ3) is 2.39. The molecule has 2 heteroatoms. The number of benzene rings is 1. The fourth-order valence-corrected chi connectivity index (χ4v) is 3.70. The molecule has 18 heavy (non-hydrogen) atoms. The van der Waals surface area contributed by atoms with E-state index in [9.17, 15) is 5.11 Å². The van der Waals surface area contributed by atoms with Crippen LogP contribution in [0, 0.1) is 5.41 Å². The van der Waals surface area contributed by atoms with Crippen LogP contribution in [-0.2, 0) is 6.54 Å². The molecule has 2 fully saturated rings. The van der Waals surface area contributed by atoms with E-state index in [0.29, 0.717) is 11.2 Å². The molecule has 1 heterocycles. The highest BCUT2D eigenvalue weighted by molar-refractivity contribution is 5.31. The number of hydrogen-bond acceptors (Lipinski definition) is 2. The molecule has 1 saturated carbocycles. The predicted molar refractivity (Wildman–Crippen MR) is 73.5 cm³/mol. The fourth-order valence-electron chi connectivity index (χ4n) is 3.70. The van der Waals surface area contributed by atoms with Gasteiger partial charge in [-0.3, -0.25) is 4.90 Å². The lowest BCUT2D eigenvalue weighted by molar-refractivity contribution is 0.103. The summed E-state index contributed by atoms with van der Waals surface area (Å²) in [5.41, 5.74) is 1.76. The zero-order valence-corrected chi connectivity index (χ0v) is 11.1. The molecule has 0 atom stereocenters. The smallest absolute Gasteiger partial charge is 0.120 e. The second-order valence-electron chi connectivity index (χ2n) is 6.11. The summed E-state index contributed by atoms with van der Waals surface area (Å²) in [4.78, 5) is 2.50. The zero-order valence-electron chi connectivity index (χ0n) is 11.1. The molecule has 1 aromatic carbocycles. The summed E-state index contributed by atoms with van der Waals surface area (Å²) in [7, 11) is 0. The van der Waals surface area contributed by atoms with Crippen LogP contribution >= 0.6 is 0 Å². The highest BCUT2D eigenvalue weighted by Crippen LogP contribution is 2.46. The van der Waals surface area contributed by atoms with Gasteiger partial charge >= 0.3 is 0 Å². The van der Waals surface area contributed by atoms with Crippen molar-refractivity contribution in [1.82, 2.24) is 4.90 Å². The molecule has 2 aliphatic rings. The Hall–Kier alpha value is -1.02. The molecule has 3 rings (SSSR count). The molecule has 2 nitrogen and oxygen atoms in total. The van der Waals surface area contributed by atoms with E-state index in [4.69, 9.17) is 0 Å². The number of aromatic hydroxyl groups is 1. The first-order valence-corrected chi connectivity index (χ1v) is 7.27. The normalized spacial score (nSPS) is 23.6. The van der Waals surface area contributed by atoms with E-state index in [-0.39, 0.29) is 0 Å². The van der Waals surface area contributed by atoms with Crippen molar-refractivity contribution < 1.29 is 5.11 Å². The van der Waals surface area contributed by atoms with E-state index in [1.807, 2.05) is 18.2 Å². The van der Waals surface area contributed by atoms with Crippen molar-refractivity contribution >= 4 is 0 Å². The molecule has 1 spiro atoms. The van der Waals surface area contributed by atoms with Gasteiger partial charge in [0.1, 0.15) is 5.75 Å². The second-order valence-corrected chi connectivity index (χ2v) is 6.11. The summed E-state index contributed by atoms with van der Waals surface area (Å²) in [6, 6.07) is 7.73. The summed E-state index contributed by atoms with van der Waals surface area (Å²) in [6.45, 7) is 3.31. The number of likely N-dealkylation sites (tertiary alicyclic amines) is 1. The number of rotatable bonds is 2. The molecule has 0 radical (unpaired) electrons. The van der Waals surface area contributed by atoms with E-state index >= 15 is 0 Å². The van der Waals surface area contributed by atoms with Crippen molar-refractivity contribution in [2.75, 3.05) is 13.1 Å². The predicted octanol–water partition coefficient (Wildman–Crippen LogP) is 3.55. The Labute approximate surface area is 110 Å². The van der Waals surface area contributed by atoms with Crippen molar-refractivity contribution in [3.05, 3.63) is 29.8 Å². The molecule has 1 saturated heterocycles. The number of nitrogens with zero attached hydrogens (tertiary/aromatic N) is 1. The van der Waals surface area contributed by atoms with Gasteiger partial charge < -0.3 is 5.11 Å². The van der Waals surface area contributed by atoms with Gasteiger partial charge in [-0.2, -0.15) is 0 Å². The maximum absolute atomic E-state index is 9.82. The van der Waals surface area contributed by atoms with E-state index in [0.717, 1.165) is 12.1 Å². The van der Waals surface area contributed by atoms with E-state index in [1.54, 1.807) is 6.07 Å². The Kier molecular flexibility index (Phi) is 3.29. The van der Waals surface area contributed by atoms with Gasteiger partial charge in [0.25, 0.3) is 0 Å². The van der Waals surface area contributed by atoms with Crippen molar-refractivity contribution in [3.8, 4) is 5.75 Å². The van der Waals surface area contributed by atoms with Crippen LogP contribution in [0.5, 0.6) is 5.75 Å². The fraction of sp³-hybridized carbons (Fsp3) is 0.625.